The monoisotopic (exact) mass is 422 g/mol. The SMILES string of the molecule is COc1ccc(CCN2CN(C[C@H]3CCCO3)c3nc4ccccc4n3C2)cc1OC. The van der Waals surface area contributed by atoms with Gasteiger partial charge in [0, 0.05) is 19.7 Å². The minimum atomic E-state index is 0.291. The van der Waals surface area contributed by atoms with Crippen LogP contribution in [0.1, 0.15) is 18.4 Å². The molecule has 1 saturated heterocycles. The predicted octanol–water partition coefficient (Wildman–Crippen LogP) is 3.51. The molecule has 0 saturated carbocycles. The highest BCUT2D eigenvalue weighted by molar-refractivity contribution is 5.79. The van der Waals surface area contributed by atoms with Crippen molar-refractivity contribution < 1.29 is 14.2 Å². The molecule has 0 bridgehead atoms. The number of nitrogens with zero attached hydrogens (tertiary/aromatic N) is 4. The Morgan fingerprint density at radius 3 is 2.74 bits per heavy atom. The van der Waals surface area contributed by atoms with E-state index < -0.39 is 0 Å². The summed E-state index contributed by atoms with van der Waals surface area (Å²) in [7, 11) is 3.35. The van der Waals surface area contributed by atoms with E-state index in [2.05, 4.69) is 50.8 Å². The summed E-state index contributed by atoms with van der Waals surface area (Å²) in [5.41, 5.74) is 3.48. The number of para-hydroxylation sites is 2. The Hall–Kier alpha value is -2.77. The lowest BCUT2D eigenvalue weighted by atomic mass is 10.1. The molecule has 7 nitrogen and oxygen atoms in total. The molecule has 1 fully saturated rings. The molecular weight excluding hydrogens is 392 g/mol. The normalized spacial score (nSPS) is 19.0. The second-order valence-electron chi connectivity index (χ2n) is 8.30. The van der Waals surface area contributed by atoms with Gasteiger partial charge in [0.15, 0.2) is 11.5 Å². The highest BCUT2D eigenvalue weighted by Gasteiger charge is 2.29. The van der Waals surface area contributed by atoms with Crippen LogP contribution < -0.4 is 14.4 Å². The Morgan fingerprint density at radius 1 is 1.06 bits per heavy atom. The Kier molecular flexibility index (Phi) is 5.70. The van der Waals surface area contributed by atoms with Crippen molar-refractivity contribution >= 4 is 17.0 Å². The number of rotatable bonds is 7. The number of ether oxygens (including phenoxy) is 3. The van der Waals surface area contributed by atoms with Crippen LogP contribution in [-0.4, -0.2) is 61.1 Å². The molecule has 1 aromatic heterocycles. The van der Waals surface area contributed by atoms with Gasteiger partial charge in [-0.25, -0.2) is 4.98 Å². The molecule has 0 N–H and O–H groups in total. The van der Waals surface area contributed by atoms with Crippen molar-refractivity contribution in [2.45, 2.75) is 32.0 Å². The molecule has 2 aliphatic rings. The number of fused-ring (bicyclic) bond motifs is 3. The molecule has 0 aliphatic carbocycles. The van der Waals surface area contributed by atoms with Gasteiger partial charge in [0.05, 0.1) is 44.7 Å². The molecule has 31 heavy (non-hydrogen) atoms. The molecule has 0 radical (unpaired) electrons. The van der Waals surface area contributed by atoms with E-state index in [0.29, 0.717) is 6.10 Å². The van der Waals surface area contributed by atoms with Crippen molar-refractivity contribution in [1.29, 1.82) is 0 Å². The molecule has 2 aromatic carbocycles. The van der Waals surface area contributed by atoms with Gasteiger partial charge in [-0.2, -0.15) is 0 Å². The lowest BCUT2D eigenvalue weighted by Crippen LogP contribution is -2.48. The summed E-state index contributed by atoms with van der Waals surface area (Å²) in [6, 6.07) is 14.6. The van der Waals surface area contributed by atoms with E-state index in [0.717, 1.165) is 75.3 Å². The maximum atomic E-state index is 5.93. The van der Waals surface area contributed by atoms with Crippen molar-refractivity contribution in [1.82, 2.24) is 14.5 Å². The molecule has 5 rings (SSSR count). The summed E-state index contributed by atoms with van der Waals surface area (Å²) >= 11 is 0. The Morgan fingerprint density at radius 2 is 1.94 bits per heavy atom. The van der Waals surface area contributed by atoms with Gasteiger partial charge < -0.3 is 19.1 Å². The second-order valence-corrected chi connectivity index (χ2v) is 8.30. The summed E-state index contributed by atoms with van der Waals surface area (Å²) in [6.45, 7) is 4.40. The molecule has 164 valence electrons. The predicted molar refractivity (Wildman–Crippen MR) is 121 cm³/mol. The number of aromatic nitrogens is 2. The Balaban J connectivity index is 1.36. The van der Waals surface area contributed by atoms with E-state index in [9.17, 15) is 0 Å². The van der Waals surface area contributed by atoms with Crippen molar-refractivity contribution in [2.75, 3.05) is 45.5 Å². The summed E-state index contributed by atoms with van der Waals surface area (Å²) < 4.78 is 19.1. The van der Waals surface area contributed by atoms with Crippen LogP contribution in [0.3, 0.4) is 0 Å². The fraction of sp³-hybridized carbons (Fsp3) is 0.458. The van der Waals surface area contributed by atoms with Crippen LogP contribution in [0.2, 0.25) is 0 Å². The molecule has 7 heteroatoms. The first-order valence-electron chi connectivity index (χ1n) is 11.0. The Labute approximate surface area is 183 Å². The lowest BCUT2D eigenvalue weighted by Gasteiger charge is -2.38. The lowest BCUT2D eigenvalue weighted by molar-refractivity contribution is 0.107. The first-order valence-corrected chi connectivity index (χ1v) is 11.0. The van der Waals surface area contributed by atoms with Crippen LogP contribution in [0, 0.1) is 0 Å². The number of anilines is 1. The summed E-state index contributed by atoms with van der Waals surface area (Å²) in [4.78, 5) is 9.81. The zero-order valence-corrected chi connectivity index (χ0v) is 18.3. The molecule has 0 spiro atoms. The van der Waals surface area contributed by atoms with Gasteiger partial charge in [0.25, 0.3) is 0 Å². The highest BCUT2D eigenvalue weighted by atomic mass is 16.5. The third-order valence-corrected chi connectivity index (χ3v) is 6.24. The van der Waals surface area contributed by atoms with Crippen molar-refractivity contribution in [3.8, 4) is 11.5 Å². The average Bonchev–Trinajstić information content (AvgIpc) is 3.45. The van der Waals surface area contributed by atoms with Gasteiger partial charge in [-0.1, -0.05) is 18.2 Å². The highest BCUT2D eigenvalue weighted by Crippen LogP contribution is 2.30. The zero-order valence-electron chi connectivity index (χ0n) is 18.3. The van der Waals surface area contributed by atoms with Crippen LogP contribution in [0.15, 0.2) is 42.5 Å². The maximum Gasteiger partial charge on any atom is 0.208 e. The number of imidazole rings is 1. The van der Waals surface area contributed by atoms with E-state index in [1.807, 2.05) is 6.07 Å². The van der Waals surface area contributed by atoms with Gasteiger partial charge >= 0.3 is 0 Å². The largest absolute Gasteiger partial charge is 0.493 e. The second kappa shape index (κ2) is 8.77. The number of methoxy groups -OCH3 is 2. The molecule has 3 aromatic rings. The standard InChI is InChI=1S/C24H30N4O3/c1-29-22-10-9-18(14-23(22)30-2)11-12-26-16-27(15-19-6-5-13-31-19)24-25-20-7-3-4-8-21(20)28(24)17-26/h3-4,7-10,14,19H,5-6,11-13,15-17H2,1-2H3/t19-/m1/s1. The molecule has 3 heterocycles. The van der Waals surface area contributed by atoms with Crippen LogP contribution >= 0.6 is 0 Å². The summed E-state index contributed by atoms with van der Waals surface area (Å²) in [5, 5.41) is 0. The van der Waals surface area contributed by atoms with Gasteiger partial charge in [-0.15, -0.1) is 0 Å². The number of benzene rings is 2. The molecule has 0 unspecified atom stereocenters. The first-order chi connectivity index (χ1) is 15.2. The van der Waals surface area contributed by atoms with Gasteiger partial charge in [0.1, 0.15) is 0 Å². The van der Waals surface area contributed by atoms with Crippen molar-refractivity contribution in [2.24, 2.45) is 0 Å². The van der Waals surface area contributed by atoms with Gasteiger partial charge in [-0.3, -0.25) is 9.47 Å². The average molecular weight is 423 g/mol. The van der Waals surface area contributed by atoms with E-state index >= 15 is 0 Å². The molecule has 0 amide bonds. The molecule has 1 atom stereocenters. The zero-order chi connectivity index (χ0) is 21.2. The van der Waals surface area contributed by atoms with Crippen LogP contribution in [0.4, 0.5) is 5.95 Å². The fourth-order valence-electron chi connectivity index (χ4n) is 4.63. The quantitative estimate of drug-likeness (QED) is 0.581. The molecule has 2 aliphatic heterocycles. The van der Waals surface area contributed by atoms with E-state index in [1.54, 1.807) is 14.2 Å². The number of hydrogen-bond acceptors (Lipinski definition) is 6. The van der Waals surface area contributed by atoms with Crippen molar-refractivity contribution in [3.05, 3.63) is 48.0 Å². The fourth-order valence-corrected chi connectivity index (χ4v) is 4.63. The van der Waals surface area contributed by atoms with E-state index in [-0.39, 0.29) is 0 Å². The van der Waals surface area contributed by atoms with Crippen molar-refractivity contribution in [3.63, 3.8) is 0 Å². The van der Waals surface area contributed by atoms with Crippen LogP contribution in [0.25, 0.3) is 11.0 Å². The summed E-state index contributed by atoms with van der Waals surface area (Å²) in [5.74, 6) is 2.60. The first kappa shape index (κ1) is 20.2. The smallest absolute Gasteiger partial charge is 0.208 e. The van der Waals surface area contributed by atoms with Crippen LogP contribution in [0.5, 0.6) is 11.5 Å². The van der Waals surface area contributed by atoms with Gasteiger partial charge in [0.2, 0.25) is 5.95 Å². The van der Waals surface area contributed by atoms with E-state index in [4.69, 9.17) is 19.2 Å². The van der Waals surface area contributed by atoms with Gasteiger partial charge in [-0.05, 0) is 49.1 Å². The van der Waals surface area contributed by atoms with Crippen LogP contribution in [-0.2, 0) is 17.8 Å². The molecular formula is C24H30N4O3. The summed E-state index contributed by atoms with van der Waals surface area (Å²) in [6.07, 6.45) is 3.51. The topological polar surface area (TPSA) is 52.0 Å². The van der Waals surface area contributed by atoms with E-state index in [1.165, 1.54) is 11.1 Å². The third kappa shape index (κ3) is 4.07. The number of hydrogen-bond donors (Lipinski definition) is 0. The maximum absolute atomic E-state index is 5.93. The minimum absolute atomic E-state index is 0.291. The Bertz CT molecular complexity index is 1040. The third-order valence-electron chi connectivity index (χ3n) is 6.24. The minimum Gasteiger partial charge on any atom is -0.493 e.